The minimum absolute atomic E-state index is 0.0376. The molecule has 1 rings (SSSR count). The molecule has 1 aliphatic rings. The van der Waals surface area contributed by atoms with Crippen LogP contribution in [0.25, 0.3) is 0 Å². The highest BCUT2D eigenvalue weighted by molar-refractivity contribution is 5.80. The van der Waals surface area contributed by atoms with Gasteiger partial charge in [0.2, 0.25) is 5.91 Å². The Hall–Kier alpha value is -1.10. The van der Waals surface area contributed by atoms with Crippen LogP contribution in [0.5, 0.6) is 0 Å². The zero-order valence-electron chi connectivity index (χ0n) is 10.5. The Labute approximate surface area is 102 Å². The summed E-state index contributed by atoms with van der Waals surface area (Å²) in [5.74, 6) is -0.724. The molecule has 0 aromatic carbocycles. The zero-order chi connectivity index (χ0) is 12.8. The highest BCUT2D eigenvalue weighted by Crippen LogP contribution is 2.17. The molecular weight excluding hydrogens is 222 g/mol. The van der Waals surface area contributed by atoms with E-state index in [9.17, 15) is 9.59 Å². The highest BCUT2D eigenvalue weighted by Gasteiger charge is 2.29. The number of hydrogen-bond donors (Lipinski definition) is 1. The molecule has 0 aromatic heterocycles. The molecule has 0 spiro atoms. The molecule has 0 aromatic rings. The van der Waals surface area contributed by atoms with E-state index in [-0.39, 0.29) is 5.91 Å². The number of likely N-dealkylation sites (tertiary alicyclic amines) is 1. The van der Waals surface area contributed by atoms with E-state index in [0.29, 0.717) is 45.1 Å². The fraction of sp³-hybridized carbons (Fsp3) is 0.833. The maximum Gasteiger partial charge on any atom is 0.308 e. The number of rotatable bonds is 6. The standard InChI is InChI=1S/C12H21NO4/c1-9(2)8-17-6-5-13-7-10(12(15)16)3-4-11(13)14/h9-10H,3-8H2,1-2H3,(H,15,16). The largest absolute Gasteiger partial charge is 0.481 e. The second-order valence-electron chi connectivity index (χ2n) is 4.88. The second kappa shape index (κ2) is 6.59. The number of carbonyl (C=O) groups is 2. The van der Waals surface area contributed by atoms with Gasteiger partial charge in [-0.1, -0.05) is 13.8 Å². The summed E-state index contributed by atoms with van der Waals surface area (Å²) >= 11 is 0. The van der Waals surface area contributed by atoms with Gasteiger partial charge < -0.3 is 14.7 Å². The van der Waals surface area contributed by atoms with Crippen LogP contribution in [0.2, 0.25) is 0 Å². The molecule has 5 heteroatoms. The Bertz CT molecular complexity index is 278. The second-order valence-corrected chi connectivity index (χ2v) is 4.88. The van der Waals surface area contributed by atoms with E-state index in [1.165, 1.54) is 0 Å². The number of carbonyl (C=O) groups excluding carboxylic acids is 1. The summed E-state index contributed by atoms with van der Waals surface area (Å²) in [6.07, 6.45) is 0.790. The van der Waals surface area contributed by atoms with Crippen LogP contribution in [0.3, 0.4) is 0 Å². The number of carboxylic acids is 1. The summed E-state index contributed by atoms with van der Waals surface area (Å²) < 4.78 is 5.40. The first-order chi connectivity index (χ1) is 8.00. The number of amides is 1. The number of hydrogen-bond acceptors (Lipinski definition) is 3. The maximum atomic E-state index is 11.6. The summed E-state index contributed by atoms with van der Waals surface area (Å²) in [5.41, 5.74) is 0. The summed E-state index contributed by atoms with van der Waals surface area (Å²) in [6, 6.07) is 0. The summed E-state index contributed by atoms with van der Waals surface area (Å²) in [4.78, 5) is 24.0. The quantitative estimate of drug-likeness (QED) is 0.706. The Balaban J connectivity index is 2.30. The van der Waals surface area contributed by atoms with Crippen LogP contribution in [0.4, 0.5) is 0 Å². The third-order valence-electron chi connectivity index (χ3n) is 2.81. The van der Waals surface area contributed by atoms with Gasteiger partial charge in [0.1, 0.15) is 0 Å². The van der Waals surface area contributed by atoms with Crippen LogP contribution in [0.1, 0.15) is 26.7 Å². The maximum absolute atomic E-state index is 11.6. The van der Waals surface area contributed by atoms with Crippen molar-refractivity contribution < 1.29 is 19.4 Å². The Morgan fingerprint density at radius 2 is 2.29 bits per heavy atom. The summed E-state index contributed by atoms with van der Waals surface area (Å²) in [6.45, 7) is 6.09. The van der Waals surface area contributed by atoms with Crippen molar-refractivity contribution in [2.24, 2.45) is 11.8 Å². The van der Waals surface area contributed by atoms with Gasteiger partial charge in [0, 0.05) is 26.1 Å². The Morgan fingerprint density at radius 3 is 2.88 bits per heavy atom. The fourth-order valence-electron chi connectivity index (χ4n) is 1.83. The molecule has 1 amide bonds. The van der Waals surface area contributed by atoms with Crippen molar-refractivity contribution in [3.05, 3.63) is 0 Å². The van der Waals surface area contributed by atoms with Gasteiger partial charge >= 0.3 is 5.97 Å². The van der Waals surface area contributed by atoms with Crippen molar-refractivity contribution in [3.8, 4) is 0 Å². The molecule has 1 atom stereocenters. The number of nitrogens with zero attached hydrogens (tertiary/aromatic N) is 1. The lowest BCUT2D eigenvalue weighted by atomic mass is 9.98. The van der Waals surface area contributed by atoms with Gasteiger partial charge in [-0.25, -0.2) is 0 Å². The molecule has 98 valence electrons. The topological polar surface area (TPSA) is 66.8 Å². The van der Waals surface area contributed by atoms with Gasteiger partial charge in [-0.05, 0) is 12.3 Å². The first-order valence-corrected chi connectivity index (χ1v) is 6.09. The van der Waals surface area contributed by atoms with Crippen molar-refractivity contribution in [2.75, 3.05) is 26.3 Å². The van der Waals surface area contributed by atoms with Gasteiger partial charge in [0.15, 0.2) is 0 Å². The lowest BCUT2D eigenvalue weighted by Crippen LogP contribution is -2.44. The molecule has 1 N–H and O–H groups in total. The van der Waals surface area contributed by atoms with Gasteiger partial charge in [0.05, 0.1) is 12.5 Å². The SMILES string of the molecule is CC(C)COCCN1CC(C(=O)O)CCC1=O. The van der Waals surface area contributed by atoms with E-state index >= 15 is 0 Å². The third-order valence-corrected chi connectivity index (χ3v) is 2.81. The van der Waals surface area contributed by atoms with Crippen molar-refractivity contribution in [1.82, 2.24) is 4.90 Å². The Kier molecular flexibility index (Phi) is 5.41. The van der Waals surface area contributed by atoms with Crippen LogP contribution in [-0.2, 0) is 14.3 Å². The van der Waals surface area contributed by atoms with Crippen LogP contribution < -0.4 is 0 Å². The monoisotopic (exact) mass is 243 g/mol. The van der Waals surface area contributed by atoms with E-state index in [1.807, 2.05) is 0 Å². The number of carboxylic acid groups (broad SMARTS) is 1. The van der Waals surface area contributed by atoms with E-state index in [4.69, 9.17) is 9.84 Å². The summed E-state index contributed by atoms with van der Waals surface area (Å²) in [7, 11) is 0. The minimum Gasteiger partial charge on any atom is -0.481 e. The van der Waals surface area contributed by atoms with Crippen molar-refractivity contribution in [1.29, 1.82) is 0 Å². The molecule has 1 heterocycles. The smallest absolute Gasteiger partial charge is 0.308 e. The zero-order valence-corrected chi connectivity index (χ0v) is 10.5. The van der Waals surface area contributed by atoms with Crippen LogP contribution in [-0.4, -0.2) is 48.2 Å². The highest BCUT2D eigenvalue weighted by atomic mass is 16.5. The normalized spacial score (nSPS) is 21.0. The van der Waals surface area contributed by atoms with E-state index < -0.39 is 11.9 Å². The third kappa shape index (κ3) is 4.73. The molecule has 0 radical (unpaired) electrons. The molecule has 5 nitrogen and oxygen atoms in total. The number of ether oxygens (including phenoxy) is 1. The van der Waals surface area contributed by atoms with Gasteiger partial charge in [0.25, 0.3) is 0 Å². The predicted molar refractivity (Wildman–Crippen MR) is 62.6 cm³/mol. The molecule has 0 saturated carbocycles. The first-order valence-electron chi connectivity index (χ1n) is 6.09. The van der Waals surface area contributed by atoms with Gasteiger partial charge in [-0.2, -0.15) is 0 Å². The summed E-state index contributed by atoms with van der Waals surface area (Å²) in [5, 5.41) is 8.92. The van der Waals surface area contributed by atoms with E-state index in [1.54, 1.807) is 4.90 Å². The molecule has 1 fully saturated rings. The van der Waals surface area contributed by atoms with Gasteiger partial charge in [-0.3, -0.25) is 9.59 Å². The van der Waals surface area contributed by atoms with Crippen molar-refractivity contribution in [2.45, 2.75) is 26.7 Å². The van der Waals surface area contributed by atoms with Crippen molar-refractivity contribution in [3.63, 3.8) is 0 Å². The number of aliphatic carboxylic acids is 1. The predicted octanol–water partition coefficient (Wildman–Crippen LogP) is 0.982. The lowest BCUT2D eigenvalue weighted by molar-refractivity contribution is -0.147. The van der Waals surface area contributed by atoms with Gasteiger partial charge in [-0.15, -0.1) is 0 Å². The molecule has 0 aliphatic carbocycles. The molecule has 0 bridgehead atoms. The van der Waals surface area contributed by atoms with Crippen molar-refractivity contribution >= 4 is 11.9 Å². The van der Waals surface area contributed by atoms with E-state index in [0.717, 1.165) is 0 Å². The molecule has 1 saturated heterocycles. The Morgan fingerprint density at radius 1 is 1.59 bits per heavy atom. The minimum atomic E-state index is -0.814. The molecular formula is C12H21NO4. The number of piperidine rings is 1. The van der Waals surface area contributed by atoms with E-state index in [2.05, 4.69) is 13.8 Å². The van der Waals surface area contributed by atoms with Crippen LogP contribution >= 0.6 is 0 Å². The first kappa shape index (κ1) is 14.0. The molecule has 1 unspecified atom stereocenters. The lowest BCUT2D eigenvalue weighted by Gasteiger charge is -2.30. The average Bonchev–Trinajstić information content (AvgIpc) is 2.25. The molecule has 17 heavy (non-hydrogen) atoms. The fourth-order valence-corrected chi connectivity index (χ4v) is 1.83. The van der Waals surface area contributed by atoms with Crippen LogP contribution in [0, 0.1) is 11.8 Å². The van der Waals surface area contributed by atoms with Crippen LogP contribution in [0.15, 0.2) is 0 Å². The molecule has 1 aliphatic heterocycles. The average molecular weight is 243 g/mol.